The van der Waals surface area contributed by atoms with Gasteiger partial charge >= 0.3 is 0 Å². The molecule has 0 aliphatic rings. The standard InChI is InChI=1S/C16H27NO2/c1-5-7-13(17)14(18)10-12(3)16-11(2)8-6-9-15(16)19-4/h6,8-9,12-14,18H,5,7,10,17H2,1-4H3. The highest BCUT2D eigenvalue weighted by Crippen LogP contribution is 2.32. The molecule has 3 atom stereocenters. The normalized spacial score (nSPS) is 15.9. The lowest BCUT2D eigenvalue weighted by atomic mass is 9.88. The van der Waals surface area contributed by atoms with Crippen LogP contribution in [0.3, 0.4) is 0 Å². The summed E-state index contributed by atoms with van der Waals surface area (Å²) in [6.45, 7) is 6.28. The molecular formula is C16H27NO2. The molecule has 0 radical (unpaired) electrons. The van der Waals surface area contributed by atoms with Gasteiger partial charge in [0.2, 0.25) is 0 Å². The zero-order valence-electron chi connectivity index (χ0n) is 12.5. The summed E-state index contributed by atoms with van der Waals surface area (Å²) in [5.41, 5.74) is 8.35. The second-order valence-electron chi connectivity index (χ2n) is 5.35. The minimum atomic E-state index is -0.459. The van der Waals surface area contributed by atoms with E-state index < -0.39 is 6.10 Å². The second kappa shape index (κ2) is 7.51. The Hall–Kier alpha value is -1.06. The van der Waals surface area contributed by atoms with E-state index >= 15 is 0 Å². The van der Waals surface area contributed by atoms with Crippen LogP contribution in [0.1, 0.15) is 50.2 Å². The fraction of sp³-hybridized carbons (Fsp3) is 0.625. The Morgan fingerprint density at radius 1 is 1.37 bits per heavy atom. The van der Waals surface area contributed by atoms with E-state index in [2.05, 4.69) is 26.8 Å². The van der Waals surface area contributed by atoms with Gasteiger partial charge in [-0.1, -0.05) is 32.4 Å². The van der Waals surface area contributed by atoms with E-state index in [1.807, 2.05) is 12.1 Å². The molecule has 3 unspecified atom stereocenters. The monoisotopic (exact) mass is 265 g/mol. The van der Waals surface area contributed by atoms with Gasteiger partial charge in [-0.25, -0.2) is 0 Å². The molecule has 0 bridgehead atoms. The van der Waals surface area contributed by atoms with Crippen LogP contribution in [0.15, 0.2) is 18.2 Å². The second-order valence-corrected chi connectivity index (χ2v) is 5.35. The van der Waals surface area contributed by atoms with Crippen LogP contribution in [0.2, 0.25) is 0 Å². The molecule has 0 saturated heterocycles. The summed E-state index contributed by atoms with van der Waals surface area (Å²) in [6.07, 6.45) is 2.07. The highest BCUT2D eigenvalue weighted by Gasteiger charge is 2.21. The molecule has 0 aliphatic carbocycles. The zero-order chi connectivity index (χ0) is 14.4. The topological polar surface area (TPSA) is 55.5 Å². The predicted octanol–water partition coefficient (Wildman–Crippen LogP) is 2.99. The molecule has 3 nitrogen and oxygen atoms in total. The van der Waals surface area contributed by atoms with Crippen molar-refractivity contribution in [3.63, 3.8) is 0 Å². The highest BCUT2D eigenvalue weighted by atomic mass is 16.5. The van der Waals surface area contributed by atoms with Gasteiger partial charge in [-0.2, -0.15) is 0 Å². The number of hydrogen-bond acceptors (Lipinski definition) is 3. The van der Waals surface area contributed by atoms with Crippen molar-refractivity contribution in [3.8, 4) is 5.75 Å². The van der Waals surface area contributed by atoms with E-state index in [9.17, 15) is 5.11 Å². The van der Waals surface area contributed by atoms with Gasteiger partial charge in [0.25, 0.3) is 0 Å². The number of benzene rings is 1. The van der Waals surface area contributed by atoms with Gasteiger partial charge in [-0.05, 0) is 42.9 Å². The molecule has 1 aromatic carbocycles. The van der Waals surface area contributed by atoms with Crippen molar-refractivity contribution in [3.05, 3.63) is 29.3 Å². The lowest BCUT2D eigenvalue weighted by Gasteiger charge is -2.24. The van der Waals surface area contributed by atoms with Crippen molar-refractivity contribution in [1.29, 1.82) is 0 Å². The van der Waals surface area contributed by atoms with Crippen LogP contribution in [0.5, 0.6) is 5.75 Å². The first-order chi connectivity index (χ1) is 9.01. The van der Waals surface area contributed by atoms with Gasteiger partial charge in [0.1, 0.15) is 5.75 Å². The summed E-state index contributed by atoms with van der Waals surface area (Å²) < 4.78 is 5.42. The molecule has 0 fully saturated rings. The molecule has 3 heteroatoms. The number of hydrogen-bond donors (Lipinski definition) is 2. The lowest BCUT2D eigenvalue weighted by Crippen LogP contribution is -2.35. The summed E-state index contributed by atoms with van der Waals surface area (Å²) in [5, 5.41) is 10.2. The summed E-state index contributed by atoms with van der Waals surface area (Å²) in [6, 6.07) is 5.90. The van der Waals surface area contributed by atoms with Crippen molar-refractivity contribution < 1.29 is 9.84 Å². The van der Waals surface area contributed by atoms with Crippen LogP contribution < -0.4 is 10.5 Å². The molecule has 3 N–H and O–H groups in total. The van der Waals surface area contributed by atoms with Crippen molar-refractivity contribution >= 4 is 0 Å². The third-order valence-electron chi connectivity index (χ3n) is 3.71. The van der Waals surface area contributed by atoms with Gasteiger partial charge in [0.15, 0.2) is 0 Å². The summed E-state index contributed by atoms with van der Waals surface area (Å²) in [7, 11) is 1.68. The Labute approximate surface area is 116 Å². The Bertz CT molecular complexity index is 392. The minimum Gasteiger partial charge on any atom is -0.496 e. The fourth-order valence-electron chi connectivity index (χ4n) is 2.64. The minimum absolute atomic E-state index is 0.137. The van der Waals surface area contributed by atoms with Crippen LogP contribution in [0.4, 0.5) is 0 Å². The molecule has 0 heterocycles. The first kappa shape index (κ1) is 16.0. The Kier molecular flexibility index (Phi) is 6.32. The number of aliphatic hydroxyl groups is 1. The van der Waals surface area contributed by atoms with Crippen LogP contribution in [-0.2, 0) is 0 Å². The van der Waals surface area contributed by atoms with E-state index in [0.717, 1.165) is 18.6 Å². The summed E-state index contributed by atoms with van der Waals surface area (Å²) in [4.78, 5) is 0. The zero-order valence-corrected chi connectivity index (χ0v) is 12.5. The molecule has 1 aromatic rings. The molecule has 108 valence electrons. The molecule has 0 amide bonds. The lowest BCUT2D eigenvalue weighted by molar-refractivity contribution is 0.123. The first-order valence-electron chi connectivity index (χ1n) is 7.08. The van der Waals surface area contributed by atoms with E-state index in [1.54, 1.807) is 7.11 Å². The Balaban J connectivity index is 2.80. The highest BCUT2D eigenvalue weighted by molar-refractivity contribution is 5.42. The van der Waals surface area contributed by atoms with Crippen molar-refractivity contribution in [2.75, 3.05) is 7.11 Å². The Morgan fingerprint density at radius 3 is 2.63 bits per heavy atom. The van der Waals surface area contributed by atoms with E-state index in [1.165, 1.54) is 11.1 Å². The summed E-state index contributed by atoms with van der Waals surface area (Å²) in [5.74, 6) is 1.12. The Morgan fingerprint density at radius 2 is 2.05 bits per heavy atom. The smallest absolute Gasteiger partial charge is 0.122 e. The molecular weight excluding hydrogens is 238 g/mol. The maximum Gasteiger partial charge on any atom is 0.122 e. The molecule has 19 heavy (non-hydrogen) atoms. The van der Waals surface area contributed by atoms with Crippen LogP contribution in [0, 0.1) is 6.92 Å². The third kappa shape index (κ3) is 4.22. The van der Waals surface area contributed by atoms with Gasteiger partial charge in [-0.15, -0.1) is 0 Å². The average Bonchev–Trinajstić information content (AvgIpc) is 2.38. The van der Waals surface area contributed by atoms with Gasteiger partial charge in [-0.3, -0.25) is 0 Å². The van der Waals surface area contributed by atoms with Crippen molar-refractivity contribution in [1.82, 2.24) is 0 Å². The van der Waals surface area contributed by atoms with Crippen LogP contribution >= 0.6 is 0 Å². The van der Waals surface area contributed by atoms with Crippen LogP contribution in [-0.4, -0.2) is 24.4 Å². The third-order valence-corrected chi connectivity index (χ3v) is 3.71. The molecule has 0 aromatic heterocycles. The van der Waals surface area contributed by atoms with Gasteiger partial charge in [0, 0.05) is 6.04 Å². The summed E-state index contributed by atoms with van der Waals surface area (Å²) >= 11 is 0. The number of rotatable bonds is 7. The van der Waals surface area contributed by atoms with Crippen LogP contribution in [0.25, 0.3) is 0 Å². The number of nitrogens with two attached hydrogens (primary N) is 1. The van der Waals surface area contributed by atoms with E-state index in [-0.39, 0.29) is 12.0 Å². The van der Waals surface area contributed by atoms with E-state index in [4.69, 9.17) is 10.5 Å². The largest absolute Gasteiger partial charge is 0.496 e. The van der Waals surface area contributed by atoms with Crippen molar-refractivity contribution in [2.45, 2.75) is 58.1 Å². The average molecular weight is 265 g/mol. The first-order valence-corrected chi connectivity index (χ1v) is 7.08. The molecule has 1 rings (SSSR count). The predicted molar refractivity (Wildman–Crippen MR) is 79.7 cm³/mol. The fourth-order valence-corrected chi connectivity index (χ4v) is 2.64. The molecule has 0 aliphatic heterocycles. The molecule has 0 saturated carbocycles. The maximum absolute atomic E-state index is 10.2. The molecule has 0 spiro atoms. The van der Waals surface area contributed by atoms with Gasteiger partial charge < -0.3 is 15.6 Å². The van der Waals surface area contributed by atoms with Crippen molar-refractivity contribution in [2.24, 2.45) is 5.73 Å². The number of aryl methyl sites for hydroxylation is 1. The number of aliphatic hydroxyl groups excluding tert-OH is 1. The number of methoxy groups -OCH3 is 1. The van der Waals surface area contributed by atoms with E-state index in [0.29, 0.717) is 6.42 Å². The van der Waals surface area contributed by atoms with Gasteiger partial charge in [0.05, 0.1) is 13.2 Å². The SMILES string of the molecule is CCCC(N)C(O)CC(C)c1c(C)cccc1OC. The maximum atomic E-state index is 10.2. The number of ether oxygens (including phenoxy) is 1. The quantitative estimate of drug-likeness (QED) is 0.797.